The van der Waals surface area contributed by atoms with Gasteiger partial charge in [-0.25, -0.2) is 4.98 Å². The Morgan fingerprint density at radius 3 is 2.90 bits per heavy atom. The smallest absolute Gasteiger partial charge is 0.270 e. The molecule has 8 nitrogen and oxygen atoms in total. The van der Waals surface area contributed by atoms with Crippen molar-refractivity contribution in [3.05, 3.63) is 51.1 Å². The molecule has 0 aliphatic carbocycles. The van der Waals surface area contributed by atoms with Gasteiger partial charge in [0.05, 0.1) is 22.1 Å². The molecule has 0 saturated heterocycles. The molecule has 2 aromatic rings. The van der Waals surface area contributed by atoms with E-state index in [1.165, 1.54) is 23.4 Å². The number of carbonyl (C=O) groups excluding carboxylic acids is 1. The van der Waals surface area contributed by atoms with Crippen molar-refractivity contribution in [1.82, 2.24) is 20.1 Å². The van der Waals surface area contributed by atoms with Gasteiger partial charge in [0.1, 0.15) is 12.2 Å². The second-order valence-corrected chi connectivity index (χ2v) is 4.42. The van der Waals surface area contributed by atoms with E-state index in [-0.39, 0.29) is 22.8 Å². The Bertz CT molecular complexity index is 644. The highest BCUT2D eigenvalue weighted by Crippen LogP contribution is 2.23. The van der Waals surface area contributed by atoms with Crippen LogP contribution in [0.4, 0.5) is 5.69 Å². The number of amides is 1. The average molecular weight is 296 g/mol. The first-order chi connectivity index (χ1) is 9.49. The first-order valence-corrected chi connectivity index (χ1v) is 5.90. The average Bonchev–Trinajstić information content (AvgIpc) is 2.91. The molecule has 0 aliphatic rings. The molecule has 1 amide bonds. The van der Waals surface area contributed by atoms with Gasteiger partial charge in [0, 0.05) is 19.2 Å². The molecule has 20 heavy (non-hydrogen) atoms. The number of aromatic nitrogens is 3. The molecule has 1 aromatic carbocycles. The van der Waals surface area contributed by atoms with E-state index in [1.54, 1.807) is 7.05 Å². The van der Waals surface area contributed by atoms with Gasteiger partial charge in [0.2, 0.25) is 0 Å². The van der Waals surface area contributed by atoms with Crippen molar-refractivity contribution in [2.75, 3.05) is 7.05 Å². The van der Waals surface area contributed by atoms with Gasteiger partial charge in [-0.05, 0) is 6.07 Å². The van der Waals surface area contributed by atoms with Crippen molar-refractivity contribution >= 4 is 23.2 Å². The van der Waals surface area contributed by atoms with Gasteiger partial charge in [-0.3, -0.25) is 20.0 Å². The number of nitro groups is 1. The molecule has 0 saturated carbocycles. The van der Waals surface area contributed by atoms with Gasteiger partial charge in [-0.15, -0.1) is 0 Å². The highest BCUT2D eigenvalue weighted by molar-refractivity contribution is 6.33. The molecule has 9 heteroatoms. The van der Waals surface area contributed by atoms with Gasteiger partial charge >= 0.3 is 0 Å². The summed E-state index contributed by atoms with van der Waals surface area (Å²) in [5.74, 6) is 0.0671. The standard InChI is InChI=1S/C11H10ClN5O3/c1-16(5-10-13-6-14-15-10)11(18)8-4-7(17(19)20)2-3-9(8)12/h2-4,6H,5H2,1H3,(H,13,14,15). The Kier molecular flexibility index (Phi) is 3.94. The molecule has 1 aromatic heterocycles. The number of hydrogen-bond donors (Lipinski definition) is 1. The third-order valence-electron chi connectivity index (χ3n) is 2.59. The lowest BCUT2D eigenvalue weighted by Gasteiger charge is -2.16. The second kappa shape index (κ2) is 5.66. The minimum absolute atomic E-state index is 0.0721. The summed E-state index contributed by atoms with van der Waals surface area (Å²) in [6, 6.07) is 3.73. The van der Waals surface area contributed by atoms with E-state index in [0.29, 0.717) is 5.82 Å². The monoisotopic (exact) mass is 295 g/mol. The topological polar surface area (TPSA) is 105 Å². The second-order valence-electron chi connectivity index (χ2n) is 4.01. The van der Waals surface area contributed by atoms with Crippen LogP contribution in [0.5, 0.6) is 0 Å². The number of H-pyrrole nitrogens is 1. The Balaban J connectivity index is 2.23. The number of nitro benzene ring substituents is 1. The van der Waals surface area contributed by atoms with Crippen LogP contribution in [0.3, 0.4) is 0 Å². The van der Waals surface area contributed by atoms with Gasteiger partial charge in [0.25, 0.3) is 11.6 Å². The van der Waals surface area contributed by atoms with Crippen molar-refractivity contribution < 1.29 is 9.72 Å². The normalized spacial score (nSPS) is 10.3. The predicted molar refractivity (Wildman–Crippen MR) is 70.3 cm³/mol. The van der Waals surface area contributed by atoms with Crippen molar-refractivity contribution in [3.63, 3.8) is 0 Å². The molecule has 0 spiro atoms. The summed E-state index contributed by atoms with van der Waals surface area (Å²) in [7, 11) is 1.54. The molecular weight excluding hydrogens is 286 g/mol. The Morgan fingerprint density at radius 2 is 2.30 bits per heavy atom. The number of nitrogens with one attached hydrogen (secondary N) is 1. The molecule has 0 fully saturated rings. The van der Waals surface area contributed by atoms with Crippen LogP contribution in [0.25, 0.3) is 0 Å². The summed E-state index contributed by atoms with van der Waals surface area (Å²) in [6.45, 7) is 0.192. The van der Waals surface area contributed by atoms with Crippen molar-refractivity contribution in [2.45, 2.75) is 6.54 Å². The third kappa shape index (κ3) is 2.91. The molecule has 0 atom stereocenters. The maximum absolute atomic E-state index is 12.2. The van der Waals surface area contributed by atoms with Crippen LogP contribution in [0.2, 0.25) is 5.02 Å². The number of halogens is 1. The summed E-state index contributed by atoms with van der Waals surface area (Å²) in [5, 5.41) is 17.2. The van der Waals surface area contributed by atoms with Crippen molar-refractivity contribution in [2.24, 2.45) is 0 Å². The number of nitrogens with zero attached hydrogens (tertiary/aromatic N) is 4. The van der Waals surface area contributed by atoms with Gasteiger partial charge < -0.3 is 4.90 Å². The zero-order valence-corrected chi connectivity index (χ0v) is 11.2. The van der Waals surface area contributed by atoms with E-state index >= 15 is 0 Å². The fourth-order valence-corrected chi connectivity index (χ4v) is 1.80. The van der Waals surface area contributed by atoms with Crippen molar-refractivity contribution in [1.29, 1.82) is 0 Å². The number of aromatic amines is 1. The van der Waals surface area contributed by atoms with E-state index in [9.17, 15) is 14.9 Å². The van der Waals surface area contributed by atoms with E-state index in [0.717, 1.165) is 6.07 Å². The number of carbonyl (C=O) groups is 1. The Morgan fingerprint density at radius 1 is 1.55 bits per heavy atom. The minimum Gasteiger partial charge on any atom is -0.334 e. The Hall–Kier alpha value is -2.48. The minimum atomic E-state index is -0.580. The summed E-state index contributed by atoms with van der Waals surface area (Å²) in [5.41, 5.74) is -0.117. The molecular formula is C11H10ClN5O3. The summed E-state index contributed by atoms with van der Waals surface area (Å²) in [4.78, 5) is 27.6. The van der Waals surface area contributed by atoms with E-state index < -0.39 is 10.8 Å². The largest absolute Gasteiger partial charge is 0.334 e. The maximum Gasteiger partial charge on any atom is 0.270 e. The van der Waals surface area contributed by atoms with Crippen LogP contribution in [0.15, 0.2) is 24.5 Å². The SMILES string of the molecule is CN(Cc1ncn[nH]1)C(=O)c1cc([N+](=O)[O-])ccc1Cl. The Labute approximate surface area is 118 Å². The zero-order chi connectivity index (χ0) is 14.7. The number of benzene rings is 1. The first-order valence-electron chi connectivity index (χ1n) is 5.52. The molecule has 0 unspecified atom stereocenters. The lowest BCUT2D eigenvalue weighted by Crippen LogP contribution is -2.27. The van der Waals surface area contributed by atoms with Gasteiger partial charge in [0.15, 0.2) is 0 Å². The molecule has 2 rings (SSSR count). The molecule has 1 N–H and O–H groups in total. The molecule has 1 heterocycles. The van der Waals surface area contributed by atoms with Crippen LogP contribution in [-0.4, -0.2) is 38.0 Å². The number of rotatable bonds is 4. The summed E-state index contributed by atoms with van der Waals surface area (Å²) in [6.07, 6.45) is 1.33. The summed E-state index contributed by atoms with van der Waals surface area (Å²) < 4.78 is 0. The van der Waals surface area contributed by atoms with E-state index in [4.69, 9.17) is 11.6 Å². The maximum atomic E-state index is 12.2. The third-order valence-corrected chi connectivity index (χ3v) is 2.92. The lowest BCUT2D eigenvalue weighted by molar-refractivity contribution is -0.384. The van der Waals surface area contributed by atoms with Crippen LogP contribution >= 0.6 is 11.6 Å². The van der Waals surface area contributed by atoms with E-state index in [2.05, 4.69) is 15.2 Å². The molecule has 0 radical (unpaired) electrons. The van der Waals surface area contributed by atoms with E-state index in [1.807, 2.05) is 0 Å². The molecule has 0 bridgehead atoms. The predicted octanol–water partition coefficient (Wildman–Crippen LogP) is 1.64. The highest BCUT2D eigenvalue weighted by atomic mass is 35.5. The highest BCUT2D eigenvalue weighted by Gasteiger charge is 2.19. The summed E-state index contributed by atoms with van der Waals surface area (Å²) >= 11 is 5.92. The van der Waals surface area contributed by atoms with Gasteiger partial charge in [-0.2, -0.15) is 5.10 Å². The zero-order valence-electron chi connectivity index (χ0n) is 10.4. The fourth-order valence-electron chi connectivity index (χ4n) is 1.60. The molecule has 0 aliphatic heterocycles. The van der Waals surface area contributed by atoms with Crippen LogP contribution in [0, 0.1) is 10.1 Å². The number of hydrogen-bond acceptors (Lipinski definition) is 5. The lowest BCUT2D eigenvalue weighted by atomic mass is 10.1. The van der Waals surface area contributed by atoms with Crippen LogP contribution in [0.1, 0.15) is 16.2 Å². The van der Waals surface area contributed by atoms with Crippen molar-refractivity contribution in [3.8, 4) is 0 Å². The van der Waals surface area contributed by atoms with Crippen LogP contribution < -0.4 is 0 Å². The quantitative estimate of drug-likeness (QED) is 0.682. The molecule has 104 valence electrons. The first kappa shape index (κ1) is 13.9. The van der Waals surface area contributed by atoms with Crippen LogP contribution in [-0.2, 0) is 6.54 Å². The fraction of sp³-hybridized carbons (Fsp3) is 0.182. The van der Waals surface area contributed by atoms with Gasteiger partial charge in [-0.1, -0.05) is 11.6 Å². The number of non-ortho nitro benzene ring substituents is 1.